The minimum Gasteiger partial charge on any atom is -0.471 e. The van der Waals surface area contributed by atoms with Crippen LogP contribution in [0, 0.1) is 0 Å². The molecule has 2 unspecified atom stereocenters. The van der Waals surface area contributed by atoms with Crippen LogP contribution in [-0.4, -0.2) is 52.0 Å². The number of esters is 1. The van der Waals surface area contributed by atoms with E-state index in [1.165, 1.54) is 0 Å². The molecule has 2 atom stereocenters. The van der Waals surface area contributed by atoms with E-state index in [9.17, 15) is 18.9 Å². The lowest BCUT2D eigenvalue weighted by Gasteiger charge is -2.13. The van der Waals surface area contributed by atoms with E-state index in [1.807, 2.05) is 0 Å². The smallest absolute Gasteiger partial charge is 0.471 e. The third-order valence-corrected chi connectivity index (χ3v) is 3.91. The topological polar surface area (TPSA) is 114 Å². The van der Waals surface area contributed by atoms with Gasteiger partial charge in [-0.25, -0.2) is 9.59 Å². The number of ether oxygens (including phenoxy) is 1. The molecule has 1 heterocycles. The minimum absolute atomic E-state index is 0.971. The fourth-order valence-corrected chi connectivity index (χ4v) is 1.97. The van der Waals surface area contributed by atoms with Gasteiger partial charge in [-0.15, -0.1) is 0 Å². The first kappa shape index (κ1) is 14.7. The highest BCUT2D eigenvalue weighted by molar-refractivity contribution is 7.59. The van der Waals surface area contributed by atoms with E-state index in [0.29, 0.717) is 0 Å². The zero-order valence-electron chi connectivity index (χ0n) is 9.78. The summed E-state index contributed by atoms with van der Waals surface area (Å²) in [5.74, 6) is -5.20. The van der Waals surface area contributed by atoms with Gasteiger partial charge in [0.1, 0.15) is 0 Å². The molecule has 1 aliphatic heterocycles. The van der Waals surface area contributed by atoms with E-state index in [0.717, 1.165) is 20.9 Å². The molecule has 0 aromatic carbocycles. The standard InChI is InChI=1S/C7H10BO9P/c1-13-4(9)5(10)15-8-16-6(11)7(17-8)18(3,12)14-2/h7H,1-3H3. The van der Waals surface area contributed by atoms with Gasteiger partial charge in [0.15, 0.2) is 0 Å². The molecule has 11 heteroatoms. The van der Waals surface area contributed by atoms with E-state index in [2.05, 4.69) is 18.6 Å². The van der Waals surface area contributed by atoms with Crippen molar-refractivity contribution < 1.29 is 42.2 Å². The quantitative estimate of drug-likeness (QED) is 0.282. The molecule has 0 saturated carbocycles. The second-order valence-corrected chi connectivity index (χ2v) is 5.85. The molecule has 1 rings (SSSR count). The van der Waals surface area contributed by atoms with Crippen molar-refractivity contribution >= 4 is 32.6 Å². The third-order valence-electron chi connectivity index (χ3n) is 2.00. The Morgan fingerprint density at radius 3 is 2.44 bits per heavy atom. The second-order valence-electron chi connectivity index (χ2n) is 3.20. The Morgan fingerprint density at radius 1 is 1.33 bits per heavy atom. The Labute approximate surface area is 102 Å². The average molecular weight is 280 g/mol. The number of rotatable bonds is 3. The van der Waals surface area contributed by atoms with Gasteiger partial charge in [-0.1, -0.05) is 0 Å². The van der Waals surface area contributed by atoms with Gasteiger partial charge in [0.2, 0.25) is 13.2 Å². The highest BCUT2D eigenvalue weighted by atomic mass is 31.2. The largest absolute Gasteiger partial charge is 0.793 e. The van der Waals surface area contributed by atoms with Gasteiger partial charge >= 0.3 is 25.2 Å². The van der Waals surface area contributed by atoms with E-state index in [-0.39, 0.29) is 0 Å². The predicted molar refractivity (Wildman–Crippen MR) is 55.4 cm³/mol. The van der Waals surface area contributed by atoms with Crippen LogP contribution in [0.5, 0.6) is 0 Å². The summed E-state index contributed by atoms with van der Waals surface area (Å²) in [5, 5.41) is 0. The monoisotopic (exact) mass is 280 g/mol. The summed E-state index contributed by atoms with van der Waals surface area (Å²) in [7, 11) is -3.04. The summed E-state index contributed by atoms with van der Waals surface area (Å²) in [6, 6.07) is 0. The van der Waals surface area contributed by atoms with Crippen molar-refractivity contribution in [3.05, 3.63) is 0 Å². The van der Waals surface area contributed by atoms with Crippen LogP contribution in [0.1, 0.15) is 0 Å². The molecule has 100 valence electrons. The molecule has 0 aliphatic carbocycles. The lowest BCUT2D eigenvalue weighted by Crippen LogP contribution is -2.30. The lowest BCUT2D eigenvalue weighted by molar-refractivity contribution is -0.161. The van der Waals surface area contributed by atoms with Gasteiger partial charge in [-0.3, -0.25) is 9.36 Å². The second kappa shape index (κ2) is 5.51. The summed E-state index contributed by atoms with van der Waals surface area (Å²) in [6.45, 7) is 1.16. The Bertz CT molecular complexity index is 421. The van der Waals surface area contributed by atoms with Crippen LogP contribution in [0.3, 0.4) is 0 Å². The van der Waals surface area contributed by atoms with E-state index in [4.69, 9.17) is 4.65 Å². The summed E-state index contributed by atoms with van der Waals surface area (Å²) in [6.07, 6.45) is 0. The Balaban J connectivity index is 2.65. The van der Waals surface area contributed by atoms with Crippen LogP contribution >= 0.6 is 7.37 Å². The van der Waals surface area contributed by atoms with E-state index < -0.39 is 38.4 Å². The number of carbonyl (C=O) groups excluding carboxylic acids is 3. The normalized spacial score (nSPS) is 22.1. The summed E-state index contributed by atoms with van der Waals surface area (Å²) in [4.78, 5) is 33.0. The third kappa shape index (κ3) is 3.09. The van der Waals surface area contributed by atoms with Gasteiger partial charge in [0.25, 0.3) is 0 Å². The molecule has 1 saturated heterocycles. The summed E-state index contributed by atoms with van der Waals surface area (Å²) < 4.78 is 34.0. The predicted octanol–water partition coefficient (Wildman–Crippen LogP) is -0.859. The Morgan fingerprint density at radius 2 is 1.94 bits per heavy atom. The molecule has 0 bridgehead atoms. The highest BCUT2D eigenvalue weighted by Crippen LogP contribution is 2.50. The maximum atomic E-state index is 11.7. The maximum Gasteiger partial charge on any atom is 0.793 e. The molecule has 0 N–H and O–H groups in total. The summed E-state index contributed by atoms with van der Waals surface area (Å²) in [5.41, 5.74) is 0. The van der Waals surface area contributed by atoms with Gasteiger partial charge < -0.3 is 23.2 Å². The lowest BCUT2D eigenvalue weighted by atomic mass is 10.2. The Kier molecular flexibility index (Phi) is 4.50. The molecular formula is C7H10BO9P. The minimum atomic E-state index is -3.39. The number of carbonyl (C=O) groups is 3. The van der Waals surface area contributed by atoms with Crippen LogP contribution in [0.25, 0.3) is 0 Å². The molecule has 0 aromatic rings. The molecule has 1 aliphatic rings. The molecule has 0 amide bonds. The van der Waals surface area contributed by atoms with Crippen molar-refractivity contribution in [2.45, 2.75) is 5.85 Å². The van der Waals surface area contributed by atoms with Crippen molar-refractivity contribution in [1.82, 2.24) is 0 Å². The fraction of sp³-hybridized carbons (Fsp3) is 0.571. The first-order chi connectivity index (χ1) is 8.31. The molecule has 0 radical (unpaired) electrons. The average Bonchev–Trinajstić information content (AvgIpc) is 2.69. The molecule has 0 spiro atoms. The van der Waals surface area contributed by atoms with E-state index >= 15 is 0 Å². The first-order valence-corrected chi connectivity index (χ1v) is 6.73. The van der Waals surface area contributed by atoms with Crippen LogP contribution in [0.15, 0.2) is 0 Å². The summed E-state index contributed by atoms with van der Waals surface area (Å²) >= 11 is 0. The first-order valence-electron chi connectivity index (χ1n) is 4.59. The van der Waals surface area contributed by atoms with Crippen molar-refractivity contribution in [3.63, 3.8) is 0 Å². The van der Waals surface area contributed by atoms with Crippen molar-refractivity contribution in [3.8, 4) is 0 Å². The van der Waals surface area contributed by atoms with Crippen molar-refractivity contribution in [2.24, 2.45) is 0 Å². The van der Waals surface area contributed by atoms with Crippen LogP contribution in [0.2, 0.25) is 0 Å². The SMILES string of the molecule is COC(=O)C(=O)OB1OC(=O)C(P(C)(=O)OC)O1. The molecule has 9 nitrogen and oxygen atoms in total. The van der Waals surface area contributed by atoms with Gasteiger partial charge in [-0.2, -0.15) is 0 Å². The zero-order chi connectivity index (χ0) is 13.9. The van der Waals surface area contributed by atoms with Gasteiger partial charge in [-0.05, 0) is 0 Å². The Hall–Kier alpha value is -1.38. The number of hydrogen-bond acceptors (Lipinski definition) is 9. The van der Waals surface area contributed by atoms with Gasteiger partial charge in [0.05, 0.1) is 7.11 Å². The molecular weight excluding hydrogens is 270 g/mol. The van der Waals surface area contributed by atoms with Gasteiger partial charge in [0, 0.05) is 13.8 Å². The highest BCUT2D eigenvalue weighted by Gasteiger charge is 2.53. The molecule has 0 aromatic heterocycles. The van der Waals surface area contributed by atoms with Crippen LogP contribution in [0.4, 0.5) is 0 Å². The molecule has 18 heavy (non-hydrogen) atoms. The fourth-order valence-electron chi connectivity index (χ4n) is 1.01. The number of methoxy groups -OCH3 is 1. The van der Waals surface area contributed by atoms with Crippen molar-refractivity contribution in [2.75, 3.05) is 20.9 Å². The van der Waals surface area contributed by atoms with Crippen LogP contribution in [-0.2, 0) is 42.2 Å². The zero-order valence-corrected chi connectivity index (χ0v) is 10.7. The molecule has 1 fully saturated rings. The maximum absolute atomic E-state index is 11.7. The van der Waals surface area contributed by atoms with E-state index in [1.54, 1.807) is 0 Å². The van der Waals surface area contributed by atoms with Crippen molar-refractivity contribution in [1.29, 1.82) is 0 Å². The number of hydrogen-bond donors (Lipinski definition) is 0. The van der Waals surface area contributed by atoms with Crippen LogP contribution < -0.4 is 0 Å².